The van der Waals surface area contributed by atoms with Crippen molar-refractivity contribution in [2.75, 3.05) is 0 Å². The van der Waals surface area contributed by atoms with Crippen molar-refractivity contribution in [3.05, 3.63) is 40.6 Å². The third-order valence-corrected chi connectivity index (χ3v) is 2.94. The van der Waals surface area contributed by atoms with Crippen LogP contribution in [0.4, 0.5) is 0 Å². The maximum atomic E-state index is 11.2. The highest BCUT2D eigenvalue weighted by Gasteiger charge is 2.22. The highest BCUT2D eigenvalue weighted by molar-refractivity contribution is 5.96. The molecule has 4 heteroatoms. The smallest absolute Gasteiger partial charge is 0.341 e. The lowest BCUT2D eigenvalue weighted by Gasteiger charge is -2.06. The molecule has 88 valence electrons. The number of aryl methyl sites for hydroxylation is 2. The lowest BCUT2D eigenvalue weighted by molar-refractivity contribution is 0.0696. The molecule has 1 N–H and O–H groups in total. The van der Waals surface area contributed by atoms with Crippen molar-refractivity contribution >= 4 is 5.97 Å². The molecule has 0 amide bonds. The quantitative estimate of drug-likeness (QED) is 0.863. The summed E-state index contributed by atoms with van der Waals surface area (Å²) in [5.74, 6) is -0.687. The number of aromatic nitrogens is 1. The molecule has 0 aliphatic rings. The molecule has 0 unspecified atom stereocenters. The van der Waals surface area contributed by atoms with Crippen molar-refractivity contribution in [3.8, 4) is 11.3 Å². The normalized spacial score (nSPS) is 10.5. The number of hydrogen-bond donors (Lipinski definition) is 1. The summed E-state index contributed by atoms with van der Waals surface area (Å²) in [5, 5.41) is 13.0. The summed E-state index contributed by atoms with van der Waals surface area (Å²) < 4.78 is 4.98. The van der Waals surface area contributed by atoms with Crippen LogP contribution in [0.2, 0.25) is 0 Å². The Hall–Kier alpha value is -2.10. The third-order valence-electron chi connectivity index (χ3n) is 2.94. The van der Waals surface area contributed by atoms with Crippen LogP contribution in [0.15, 0.2) is 22.7 Å². The largest absolute Gasteiger partial charge is 0.477 e. The molecule has 0 bridgehead atoms. The van der Waals surface area contributed by atoms with Crippen molar-refractivity contribution < 1.29 is 14.4 Å². The minimum atomic E-state index is -1.01. The van der Waals surface area contributed by atoms with Crippen LogP contribution in [0.3, 0.4) is 0 Å². The van der Waals surface area contributed by atoms with E-state index in [0.717, 1.165) is 16.7 Å². The molecule has 17 heavy (non-hydrogen) atoms. The molecular formula is C13H13NO3. The first-order valence-electron chi connectivity index (χ1n) is 5.28. The van der Waals surface area contributed by atoms with Gasteiger partial charge in [0.15, 0.2) is 0 Å². The van der Waals surface area contributed by atoms with Crippen LogP contribution in [0.5, 0.6) is 0 Å². The Morgan fingerprint density at radius 1 is 1.29 bits per heavy atom. The number of rotatable bonds is 2. The molecular weight excluding hydrogens is 218 g/mol. The molecule has 1 aromatic carbocycles. The van der Waals surface area contributed by atoms with Crippen LogP contribution >= 0.6 is 0 Å². The van der Waals surface area contributed by atoms with Crippen molar-refractivity contribution in [1.82, 2.24) is 5.16 Å². The Labute approximate surface area is 98.9 Å². The van der Waals surface area contributed by atoms with E-state index in [2.05, 4.69) is 5.16 Å². The summed E-state index contributed by atoms with van der Waals surface area (Å²) in [4.78, 5) is 11.2. The highest BCUT2D eigenvalue weighted by atomic mass is 16.5. The van der Waals surface area contributed by atoms with Crippen LogP contribution in [-0.2, 0) is 0 Å². The van der Waals surface area contributed by atoms with Gasteiger partial charge in [0, 0.05) is 5.56 Å². The van der Waals surface area contributed by atoms with Crippen LogP contribution in [0, 0.1) is 20.8 Å². The summed E-state index contributed by atoms with van der Waals surface area (Å²) in [6.07, 6.45) is 0. The van der Waals surface area contributed by atoms with E-state index in [4.69, 9.17) is 9.63 Å². The first-order valence-corrected chi connectivity index (χ1v) is 5.28. The van der Waals surface area contributed by atoms with E-state index >= 15 is 0 Å². The zero-order chi connectivity index (χ0) is 12.6. The van der Waals surface area contributed by atoms with Gasteiger partial charge in [-0.05, 0) is 31.9 Å². The standard InChI is InChI=1S/C13H13NO3/c1-7-5-4-6-10(8(7)2)12-11(13(15)16)9(3)17-14-12/h4-6H,1-3H3,(H,15,16). The van der Waals surface area contributed by atoms with E-state index < -0.39 is 5.97 Å². The summed E-state index contributed by atoms with van der Waals surface area (Å²) in [6, 6.07) is 5.71. The molecule has 2 rings (SSSR count). The minimum absolute atomic E-state index is 0.138. The van der Waals surface area contributed by atoms with Gasteiger partial charge < -0.3 is 9.63 Å². The van der Waals surface area contributed by atoms with Gasteiger partial charge in [-0.25, -0.2) is 4.79 Å². The maximum Gasteiger partial charge on any atom is 0.341 e. The van der Waals surface area contributed by atoms with Crippen molar-refractivity contribution in [2.24, 2.45) is 0 Å². The predicted octanol–water partition coefficient (Wildman–Crippen LogP) is 2.97. The average molecular weight is 231 g/mol. The number of carboxylic acids is 1. The molecule has 4 nitrogen and oxygen atoms in total. The number of carbonyl (C=O) groups is 1. The lowest BCUT2D eigenvalue weighted by Crippen LogP contribution is -2.00. The number of aromatic carboxylic acids is 1. The zero-order valence-corrected chi connectivity index (χ0v) is 9.94. The average Bonchev–Trinajstić information content (AvgIpc) is 2.64. The summed E-state index contributed by atoms with van der Waals surface area (Å²) in [6.45, 7) is 5.53. The van der Waals surface area contributed by atoms with Gasteiger partial charge in [0.05, 0.1) is 0 Å². The van der Waals surface area contributed by atoms with E-state index in [9.17, 15) is 4.79 Å². The van der Waals surface area contributed by atoms with E-state index in [1.165, 1.54) is 0 Å². The van der Waals surface area contributed by atoms with E-state index in [1.54, 1.807) is 6.92 Å². The molecule has 0 saturated heterocycles. The molecule has 0 atom stereocenters. The van der Waals surface area contributed by atoms with Gasteiger partial charge in [-0.3, -0.25) is 0 Å². The molecule has 0 radical (unpaired) electrons. The number of nitrogens with zero attached hydrogens (tertiary/aromatic N) is 1. The van der Waals surface area contributed by atoms with Gasteiger partial charge in [0.25, 0.3) is 0 Å². The fourth-order valence-corrected chi connectivity index (χ4v) is 1.82. The Bertz CT molecular complexity index is 584. The summed E-state index contributed by atoms with van der Waals surface area (Å²) >= 11 is 0. The minimum Gasteiger partial charge on any atom is -0.477 e. The molecule has 0 fully saturated rings. The predicted molar refractivity (Wildman–Crippen MR) is 63.1 cm³/mol. The first-order chi connectivity index (χ1) is 8.02. The van der Waals surface area contributed by atoms with Gasteiger partial charge >= 0.3 is 5.97 Å². The Balaban J connectivity index is 2.69. The van der Waals surface area contributed by atoms with Crippen LogP contribution < -0.4 is 0 Å². The monoisotopic (exact) mass is 231 g/mol. The van der Waals surface area contributed by atoms with E-state index in [-0.39, 0.29) is 5.56 Å². The Morgan fingerprint density at radius 3 is 2.65 bits per heavy atom. The van der Waals surface area contributed by atoms with Crippen LogP contribution in [0.25, 0.3) is 11.3 Å². The molecule has 1 aromatic heterocycles. The molecule has 0 aliphatic carbocycles. The van der Waals surface area contributed by atoms with Crippen molar-refractivity contribution in [1.29, 1.82) is 0 Å². The highest BCUT2D eigenvalue weighted by Crippen LogP contribution is 2.29. The van der Waals surface area contributed by atoms with Gasteiger partial charge in [-0.15, -0.1) is 0 Å². The van der Waals surface area contributed by atoms with Gasteiger partial charge in [-0.1, -0.05) is 23.4 Å². The topological polar surface area (TPSA) is 63.3 Å². The molecule has 2 aromatic rings. The molecule has 0 aliphatic heterocycles. The summed E-state index contributed by atoms with van der Waals surface area (Å²) in [7, 11) is 0. The van der Waals surface area contributed by atoms with E-state index in [1.807, 2.05) is 32.0 Å². The zero-order valence-electron chi connectivity index (χ0n) is 9.94. The Morgan fingerprint density at radius 2 is 2.00 bits per heavy atom. The second kappa shape index (κ2) is 4.05. The van der Waals surface area contributed by atoms with Crippen molar-refractivity contribution in [2.45, 2.75) is 20.8 Å². The first kappa shape index (κ1) is 11.4. The fraction of sp³-hybridized carbons (Fsp3) is 0.231. The SMILES string of the molecule is Cc1cccc(-c2noc(C)c2C(=O)O)c1C. The van der Waals surface area contributed by atoms with Gasteiger partial charge in [0.1, 0.15) is 17.0 Å². The number of benzene rings is 1. The van der Waals surface area contributed by atoms with Crippen LogP contribution in [-0.4, -0.2) is 16.2 Å². The Kier molecular flexibility index (Phi) is 2.71. The van der Waals surface area contributed by atoms with Crippen LogP contribution in [0.1, 0.15) is 27.2 Å². The fourth-order valence-electron chi connectivity index (χ4n) is 1.82. The van der Waals surface area contributed by atoms with E-state index in [0.29, 0.717) is 11.5 Å². The molecule has 1 heterocycles. The second-order valence-electron chi connectivity index (χ2n) is 4.01. The molecule has 0 saturated carbocycles. The third kappa shape index (κ3) is 1.82. The molecule has 0 spiro atoms. The number of carboxylic acid groups (broad SMARTS) is 1. The maximum absolute atomic E-state index is 11.2. The van der Waals surface area contributed by atoms with Gasteiger partial charge in [0.2, 0.25) is 0 Å². The number of hydrogen-bond acceptors (Lipinski definition) is 3. The summed E-state index contributed by atoms with van der Waals surface area (Å²) in [5.41, 5.74) is 3.46. The van der Waals surface area contributed by atoms with Crippen molar-refractivity contribution in [3.63, 3.8) is 0 Å². The lowest BCUT2D eigenvalue weighted by atomic mass is 9.98. The second-order valence-corrected chi connectivity index (χ2v) is 4.01. The van der Waals surface area contributed by atoms with Gasteiger partial charge in [-0.2, -0.15) is 0 Å².